The zero-order valence-corrected chi connectivity index (χ0v) is 15.9. The number of Topliss-reactive ketones (excluding diaryl/α,β-unsaturated/α-hetero) is 1. The van der Waals surface area contributed by atoms with E-state index in [1.807, 2.05) is 20.8 Å². The zero-order chi connectivity index (χ0) is 20.0. The van der Waals surface area contributed by atoms with Gasteiger partial charge in [-0.05, 0) is 30.0 Å². The van der Waals surface area contributed by atoms with Gasteiger partial charge in [-0.15, -0.1) is 0 Å². The van der Waals surface area contributed by atoms with Crippen molar-refractivity contribution >= 4 is 17.6 Å². The van der Waals surface area contributed by atoms with E-state index in [9.17, 15) is 18.7 Å². The minimum atomic E-state index is -0.660. The molecule has 1 aliphatic rings. The van der Waals surface area contributed by atoms with Crippen molar-refractivity contribution in [3.63, 3.8) is 0 Å². The molecule has 0 saturated carbocycles. The van der Waals surface area contributed by atoms with Crippen molar-refractivity contribution in [3.8, 4) is 0 Å². The Morgan fingerprint density at radius 1 is 1.33 bits per heavy atom. The van der Waals surface area contributed by atoms with Gasteiger partial charge < -0.3 is 9.94 Å². The Kier molecular flexibility index (Phi) is 6.88. The van der Waals surface area contributed by atoms with E-state index >= 15 is 0 Å². The maximum Gasteiger partial charge on any atom is 0.168 e. The lowest BCUT2D eigenvalue weighted by atomic mass is 9.75. The van der Waals surface area contributed by atoms with E-state index in [0.29, 0.717) is 25.0 Å². The smallest absolute Gasteiger partial charge is 0.168 e. The first-order valence-electron chi connectivity index (χ1n) is 8.99. The number of carbonyl (C=O) groups is 1. The molecule has 4 nitrogen and oxygen atoms in total. The molecule has 146 valence electrons. The molecule has 0 unspecified atom stereocenters. The summed E-state index contributed by atoms with van der Waals surface area (Å²) in [6.45, 7) is 5.87. The normalized spacial score (nSPS) is 17.7. The van der Waals surface area contributed by atoms with Crippen LogP contribution in [0.3, 0.4) is 0 Å². The fraction of sp³-hybridized carbons (Fsp3) is 0.429. The number of rotatable bonds is 7. The number of oxime groups is 1. The van der Waals surface area contributed by atoms with Crippen LogP contribution in [0.1, 0.15) is 52.0 Å². The number of benzene rings is 1. The fourth-order valence-corrected chi connectivity index (χ4v) is 3.04. The van der Waals surface area contributed by atoms with E-state index in [-0.39, 0.29) is 34.7 Å². The Morgan fingerprint density at radius 3 is 2.70 bits per heavy atom. The zero-order valence-electron chi connectivity index (χ0n) is 15.9. The van der Waals surface area contributed by atoms with Crippen molar-refractivity contribution in [2.75, 3.05) is 6.61 Å². The standard InChI is InChI=1S/C21H25F2NO3/c1-4-6-17(20-18(25)12-21(2,3)13-19(20)26)24-27-10-5-7-14-8-9-15(22)11-16(14)23/h5,7-9,11,25H,4,6,10,12-13H2,1-3H3/b7-5+,24-17?. The molecule has 0 aromatic heterocycles. The largest absolute Gasteiger partial charge is 0.511 e. The molecule has 0 atom stereocenters. The third kappa shape index (κ3) is 5.74. The van der Waals surface area contributed by atoms with Crippen LogP contribution in [0.4, 0.5) is 8.78 Å². The van der Waals surface area contributed by atoms with Crippen molar-refractivity contribution in [2.45, 2.75) is 46.5 Å². The van der Waals surface area contributed by atoms with E-state index in [1.54, 1.807) is 6.08 Å². The van der Waals surface area contributed by atoms with Crippen LogP contribution in [0.25, 0.3) is 6.08 Å². The summed E-state index contributed by atoms with van der Waals surface area (Å²) in [5, 5.41) is 14.3. The third-order valence-corrected chi connectivity index (χ3v) is 4.23. The van der Waals surface area contributed by atoms with Crippen LogP contribution in [0.15, 0.2) is 40.8 Å². The molecule has 1 aromatic carbocycles. The quantitative estimate of drug-likeness (QED) is 0.396. The Bertz CT molecular complexity index is 795. The molecule has 0 radical (unpaired) electrons. The molecule has 0 aliphatic heterocycles. The third-order valence-electron chi connectivity index (χ3n) is 4.23. The Hall–Kier alpha value is -2.50. The summed E-state index contributed by atoms with van der Waals surface area (Å²) >= 11 is 0. The SMILES string of the molecule is CCCC(=NOC/C=C/c1ccc(F)cc1F)C1=C(O)CC(C)(C)CC1=O. The van der Waals surface area contributed by atoms with Crippen molar-refractivity contribution in [1.29, 1.82) is 0 Å². The number of ketones is 1. The summed E-state index contributed by atoms with van der Waals surface area (Å²) in [6.07, 6.45) is 5.02. The molecule has 0 amide bonds. The summed E-state index contributed by atoms with van der Waals surface area (Å²) in [5.41, 5.74) is 0.648. The van der Waals surface area contributed by atoms with Crippen LogP contribution in [0.2, 0.25) is 0 Å². The topological polar surface area (TPSA) is 58.9 Å². The number of allylic oxidation sites excluding steroid dienone is 2. The van der Waals surface area contributed by atoms with Gasteiger partial charge in [-0.2, -0.15) is 0 Å². The number of hydrogen-bond donors (Lipinski definition) is 1. The van der Waals surface area contributed by atoms with Gasteiger partial charge in [-0.1, -0.05) is 38.4 Å². The highest BCUT2D eigenvalue weighted by molar-refractivity contribution is 6.23. The number of carbonyl (C=O) groups excluding carboxylic acids is 1. The number of hydrogen-bond acceptors (Lipinski definition) is 4. The van der Waals surface area contributed by atoms with Gasteiger partial charge in [-0.25, -0.2) is 8.78 Å². The molecule has 0 spiro atoms. The average molecular weight is 377 g/mol. The first-order chi connectivity index (χ1) is 12.7. The monoisotopic (exact) mass is 377 g/mol. The molecule has 1 aliphatic carbocycles. The van der Waals surface area contributed by atoms with Crippen LogP contribution in [-0.2, 0) is 9.63 Å². The van der Waals surface area contributed by atoms with Gasteiger partial charge in [0, 0.05) is 24.5 Å². The predicted molar refractivity (Wildman–Crippen MR) is 101 cm³/mol. The highest BCUT2D eigenvalue weighted by Crippen LogP contribution is 2.36. The Labute approximate surface area is 158 Å². The van der Waals surface area contributed by atoms with Crippen LogP contribution < -0.4 is 0 Å². The molecule has 2 rings (SSSR count). The molecule has 27 heavy (non-hydrogen) atoms. The molecule has 1 aromatic rings. The second kappa shape index (κ2) is 8.93. The van der Waals surface area contributed by atoms with E-state index in [1.165, 1.54) is 18.2 Å². The molecular weight excluding hydrogens is 352 g/mol. The minimum absolute atomic E-state index is 0.0518. The van der Waals surface area contributed by atoms with Gasteiger partial charge in [0.15, 0.2) is 5.78 Å². The first kappa shape index (κ1) is 20.8. The number of aliphatic hydroxyl groups excluding tert-OH is 1. The highest BCUT2D eigenvalue weighted by atomic mass is 19.1. The highest BCUT2D eigenvalue weighted by Gasteiger charge is 2.35. The fourth-order valence-electron chi connectivity index (χ4n) is 3.04. The Morgan fingerprint density at radius 2 is 2.07 bits per heavy atom. The summed E-state index contributed by atoms with van der Waals surface area (Å²) < 4.78 is 26.4. The van der Waals surface area contributed by atoms with Gasteiger partial charge in [0.05, 0.1) is 11.3 Å². The van der Waals surface area contributed by atoms with Crippen LogP contribution in [-0.4, -0.2) is 23.2 Å². The van der Waals surface area contributed by atoms with Crippen LogP contribution >= 0.6 is 0 Å². The van der Waals surface area contributed by atoms with Gasteiger partial charge in [-0.3, -0.25) is 4.79 Å². The summed E-state index contributed by atoms with van der Waals surface area (Å²) in [6, 6.07) is 3.31. The number of halogens is 2. The molecule has 0 bridgehead atoms. The lowest BCUT2D eigenvalue weighted by Gasteiger charge is -2.29. The summed E-state index contributed by atoms with van der Waals surface area (Å²) in [7, 11) is 0. The van der Waals surface area contributed by atoms with Crippen molar-refractivity contribution in [2.24, 2.45) is 10.6 Å². The number of aliphatic hydroxyl groups is 1. The second-order valence-electron chi connectivity index (χ2n) is 7.41. The van der Waals surface area contributed by atoms with Crippen molar-refractivity contribution in [3.05, 3.63) is 52.8 Å². The summed E-state index contributed by atoms with van der Waals surface area (Å²) in [5.74, 6) is -1.38. The van der Waals surface area contributed by atoms with E-state index in [4.69, 9.17) is 4.84 Å². The maximum atomic E-state index is 13.5. The lowest BCUT2D eigenvalue weighted by molar-refractivity contribution is -0.118. The summed E-state index contributed by atoms with van der Waals surface area (Å²) in [4.78, 5) is 17.7. The Balaban J connectivity index is 2.07. The van der Waals surface area contributed by atoms with E-state index < -0.39 is 11.6 Å². The van der Waals surface area contributed by atoms with Crippen molar-refractivity contribution < 1.29 is 23.5 Å². The molecule has 0 fully saturated rings. The lowest BCUT2D eigenvalue weighted by Crippen LogP contribution is -2.29. The molecule has 6 heteroatoms. The van der Waals surface area contributed by atoms with Gasteiger partial charge in [0.2, 0.25) is 0 Å². The van der Waals surface area contributed by atoms with Gasteiger partial charge in [0.25, 0.3) is 0 Å². The van der Waals surface area contributed by atoms with E-state index in [0.717, 1.165) is 12.5 Å². The minimum Gasteiger partial charge on any atom is -0.511 e. The molecule has 1 N–H and O–H groups in total. The first-order valence-corrected chi connectivity index (χ1v) is 8.99. The van der Waals surface area contributed by atoms with Crippen LogP contribution in [0.5, 0.6) is 0 Å². The average Bonchev–Trinajstić information content (AvgIpc) is 2.54. The molecule has 0 saturated heterocycles. The molecular formula is C21H25F2NO3. The van der Waals surface area contributed by atoms with Gasteiger partial charge in [0.1, 0.15) is 24.0 Å². The second-order valence-corrected chi connectivity index (χ2v) is 7.41. The number of nitrogens with zero attached hydrogens (tertiary/aromatic N) is 1. The predicted octanol–water partition coefficient (Wildman–Crippen LogP) is 5.35. The van der Waals surface area contributed by atoms with E-state index in [2.05, 4.69) is 5.16 Å². The molecule has 0 heterocycles. The maximum absolute atomic E-state index is 13.5. The van der Waals surface area contributed by atoms with Crippen LogP contribution in [0, 0.1) is 17.0 Å². The van der Waals surface area contributed by atoms with Gasteiger partial charge >= 0.3 is 0 Å². The van der Waals surface area contributed by atoms with Crippen molar-refractivity contribution in [1.82, 2.24) is 0 Å².